The SMILES string of the molecule is COC(C)(C)CCC(C)(O)c1ccc(O)cc1. The summed E-state index contributed by atoms with van der Waals surface area (Å²) in [6.45, 7) is 5.78. The van der Waals surface area contributed by atoms with Crippen LogP contribution in [0.4, 0.5) is 0 Å². The van der Waals surface area contributed by atoms with E-state index >= 15 is 0 Å². The van der Waals surface area contributed by atoms with Gasteiger partial charge in [0.25, 0.3) is 0 Å². The van der Waals surface area contributed by atoms with Gasteiger partial charge in [-0.05, 0) is 51.3 Å². The van der Waals surface area contributed by atoms with Gasteiger partial charge in [-0.1, -0.05) is 12.1 Å². The molecule has 0 bridgehead atoms. The highest BCUT2D eigenvalue weighted by molar-refractivity contribution is 5.29. The Balaban J connectivity index is 2.71. The van der Waals surface area contributed by atoms with Crippen molar-refractivity contribution in [2.45, 2.75) is 44.8 Å². The number of hydrogen-bond donors (Lipinski definition) is 2. The lowest BCUT2D eigenvalue weighted by Gasteiger charge is -2.29. The third-order valence-electron chi connectivity index (χ3n) is 3.26. The van der Waals surface area contributed by atoms with Crippen LogP contribution in [0.2, 0.25) is 0 Å². The minimum atomic E-state index is -0.899. The molecule has 0 aliphatic carbocycles. The van der Waals surface area contributed by atoms with Crippen LogP contribution in [0, 0.1) is 0 Å². The number of hydrogen-bond acceptors (Lipinski definition) is 3. The van der Waals surface area contributed by atoms with Crippen molar-refractivity contribution in [2.75, 3.05) is 7.11 Å². The van der Waals surface area contributed by atoms with E-state index in [-0.39, 0.29) is 11.4 Å². The van der Waals surface area contributed by atoms with E-state index in [0.29, 0.717) is 6.42 Å². The lowest BCUT2D eigenvalue weighted by Crippen LogP contribution is -2.29. The Bertz CT molecular complexity index is 352. The largest absolute Gasteiger partial charge is 0.508 e. The molecule has 3 nitrogen and oxygen atoms in total. The molecule has 2 N–H and O–H groups in total. The Morgan fingerprint density at radius 2 is 1.59 bits per heavy atom. The molecule has 1 atom stereocenters. The van der Waals surface area contributed by atoms with Gasteiger partial charge in [0.1, 0.15) is 5.75 Å². The maximum atomic E-state index is 10.4. The second-order valence-electron chi connectivity index (χ2n) is 5.28. The van der Waals surface area contributed by atoms with Crippen molar-refractivity contribution < 1.29 is 14.9 Å². The average molecular weight is 238 g/mol. The monoisotopic (exact) mass is 238 g/mol. The lowest BCUT2D eigenvalue weighted by molar-refractivity contribution is -0.0211. The van der Waals surface area contributed by atoms with Gasteiger partial charge in [-0.2, -0.15) is 0 Å². The predicted molar refractivity (Wildman–Crippen MR) is 68.0 cm³/mol. The minimum absolute atomic E-state index is 0.210. The average Bonchev–Trinajstić information content (AvgIpc) is 2.27. The van der Waals surface area contributed by atoms with Crippen molar-refractivity contribution >= 4 is 0 Å². The molecule has 0 amide bonds. The molecule has 0 aliphatic rings. The molecule has 1 aromatic rings. The number of phenols is 1. The summed E-state index contributed by atoms with van der Waals surface area (Å²) in [5, 5.41) is 19.6. The normalized spacial score (nSPS) is 15.6. The van der Waals surface area contributed by atoms with Gasteiger partial charge in [-0.3, -0.25) is 0 Å². The van der Waals surface area contributed by atoms with Gasteiger partial charge in [-0.15, -0.1) is 0 Å². The highest BCUT2D eigenvalue weighted by Crippen LogP contribution is 2.30. The summed E-state index contributed by atoms with van der Waals surface area (Å²) >= 11 is 0. The van der Waals surface area contributed by atoms with Crippen molar-refractivity contribution in [3.05, 3.63) is 29.8 Å². The summed E-state index contributed by atoms with van der Waals surface area (Å²) in [6.07, 6.45) is 1.37. The second kappa shape index (κ2) is 5.07. The first-order valence-electron chi connectivity index (χ1n) is 5.84. The van der Waals surface area contributed by atoms with Crippen molar-refractivity contribution in [2.24, 2.45) is 0 Å². The van der Waals surface area contributed by atoms with E-state index in [9.17, 15) is 10.2 Å². The van der Waals surface area contributed by atoms with E-state index in [4.69, 9.17) is 4.74 Å². The molecule has 0 aromatic heterocycles. The summed E-state index contributed by atoms with van der Waals surface area (Å²) in [5.41, 5.74) is -0.327. The smallest absolute Gasteiger partial charge is 0.115 e. The molecule has 0 aliphatic heterocycles. The van der Waals surface area contributed by atoms with Crippen LogP contribution in [0.15, 0.2) is 24.3 Å². The van der Waals surface area contributed by atoms with Gasteiger partial charge in [0, 0.05) is 7.11 Å². The molecule has 0 saturated heterocycles. The van der Waals surface area contributed by atoms with Gasteiger partial charge in [0.05, 0.1) is 11.2 Å². The predicted octanol–water partition coefficient (Wildman–Crippen LogP) is 2.80. The van der Waals surface area contributed by atoms with Gasteiger partial charge in [0.2, 0.25) is 0 Å². The van der Waals surface area contributed by atoms with Gasteiger partial charge >= 0.3 is 0 Å². The van der Waals surface area contributed by atoms with Crippen molar-refractivity contribution in [3.8, 4) is 5.75 Å². The van der Waals surface area contributed by atoms with Crippen molar-refractivity contribution in [1.82, 2.24) is 0 Å². The standard InChI is InChI=1S/C14H22O3/c1-13(2,17-4)9-10-14(3,16)11-5-7-12(15)8-6-11/h5-8,15-16H,9-10H2,1-4H3. The lowest BCUT2D eigenvalue weighted by atomic mass is 9.87. The molecule has 96 valence electrons. The minimum Gasteiger partial charge on any atom is -0.508 e. The van der Waals surface area contributed by atoms with E-state index in [2.05, 4.69) is 0 Å². The topological polar surface area (TPSA) is 49.7 Å². The highest BCUT2D eigenvalue weighted by Gasteiger charge is 2.27. The van der Waals surface area contributed by atoms with E-state index in [1.165, 1.54) is 0 Å². The van der Waals surface area contributed by atoms with Gasteiger partial charge < -0.3 is 14.9 Å². The summed E-state index contributed by atoms with van der Waals surface area (Å²) in [7, 11) is 1.68. The Morgan fingerprint density at radius 3 is 2.06 bits per heavy atom. The van der Waals surface area contributed by atoms with E-state index in [0.717, 1.165) is 12.0 Å². The summed E-state index contributed by atoms with van der Waals surface area (Å²) in [4.78, 5) is 0. The quantitative estimate of drug-likeness (QED) is 0.829. The molecular formula is C14H22O3. The fourth-order valence-corrected chi connectivity index (χ4v) is 1.61. The van der Waals surface area contributed by atoms with Crippen LogP contribution in [-0.4, -0.2) is 22.9 Å². The number of phenolic OH excluding ortho intramolecular Hbond substituents is 1. The molecule has 3 heteroatoms. The van der Waals surface area contributed by atoms with E-state index in [1.54, 1.807) is 38.3 Å². The number of aromatic hydroxyl groups is 1. The van der Waals surface area contributed by atoms with E-state index in [1.807, 2.05) is 13.8 Å². The number of aliphatic hydroxyl groups is 1. The first-order valence-corrected chi connectivity index (χ1v) is 5.84. The van der Waals surface area contributed by atoms with Crippen molar-refractivity contribution in [1.29, 1.82) is 0 Å². The highest BCUT2D eigenvalue weighted by atomic mass is 16.5. The summed E-state index contributed by atoms with van der Waals surface area (Å²) in [6, 6.07) is 6.67. The van der Waals surface area contributed by atoms with Crippen LogP contribution in [-0.2, 0) is 10.3 Å². The summed E-state index contributed by atoms with van der Waals surface area (Å²) in [5.74, 6) is 0.210. The molecular weight excluding hydrogens is 216 g/mol. The maximum Gasteiger partial charge on any atom is 0.115 e. The van der Waals surface area contributed by atoms with Gasteiger partial charge in [0.15, 0.2) is 0 Å². The molecule has 1 rings (SSSR count). The number of benzene rings is 1. The second-order valence-corrected chi connectivity index (χ2v) is 5.28. The number of rotatable bonds is 5. The van der Waals surface area contributed by atoms with Crippen LogP contribution in [0.25, 0.3) is 0 Å². The van der Waals surface area contributed by atoms with Crippen LogP contribution >= 0.6 is 0 Å². The molecule has 0 saturated carbocycles. The Morgan fingerprint density at radius 1 is 1.06 bits per heavy atom. The molecule has 0 spiro atoms. The molecule has 0 fully saturated rings. The van der Waals surface area contributed by atoms with Crippen LogP contribution in [0.1, 0.15) is 39.2 Å². The zero-order chi connectivity index (χ0) is 13.1. The summed E-state index contributed by atoms with van der Waals surface area (Å²) < 4.78 is 5.34. The Labute approximate surface area is 103 Å². The Hall–Kier alpha value is -1.06. The first kappa shape index (κ1) is 14.0. The van der Waals surface area contributed by atoms with Crippen LogP contribution in [0.3, 0.4) is 0 Å². The molecule has 0 radical (unpaired) electrons. The van der Waals surface area contributed by atoms with Crippen LogP contribution < -0.4 is 0 Å². The van der Waals surface area contributed by atoms with Crippen molar-refractivity contribution in [3.63, 3.8) is 0 Å². The van der Waals surface area contributed by atoms with Crippen LogP contribution in [0.5, 0.6) is 5.75 Å². The Kier molecular flexibility index (Phi) is 4.17. The zero-order valence-electron chi connectivity index (χ0n) is 11.0. The fourth-order valence-electron chi connectivity index (χ4n) is 1.61. The third kappa shape index (κ3) is 4.02. The third-order valence-corrected chi connectivity index (χ3v) is 3.26. The maximum absolute atomic E-state index is 10.4. The zero-order valence-corrected chi connectivity index (χ0v) is 11.0. The molecule has 0 heterocycles. The fraction of sp³-hybridized carbons (Fsp3) is 0.571. The molecule has 17 heavy (non-hydrogen) atoms. The van der Waals surface area contributed by atoms with E-state index < -0.39 is 5.60 Å². The van der Waals surface area contributed by atoms with Gasteiger partial charge in [-0.25, -0.2) is 0 Å². The first-order chi connectivity index (χ1) is 7.77. The number of methoxy groups -OCH3 is 1. The number of ether oxygens (including phenoxy) is 1. The molecule has 1 unspecified atom stereocenters. The molecule has 1 aromatic carbocycles.